The molecule has 0 aromatic heterocycles. The van der Waals surface area contributed by atoms with Crippen molar-refractivity contribution in [2.45, 2.75) is 12.8 Å². The lowest BCUT2D eigenvalue weighted by molar-refractivity contribution is -0.120. The summed E-state index contributed by atoms with van der Waals surface area (Å²) in [5.41, 5.74) is 1.78. The molecule has 0 saturated carbocycles. The van der Waals surface area contributed by atoms with Gasteiger partial charge in [0.15, 0.2) is 17.3 Å². The predicted molar refractivity (Wildman–Crippen MR) is 83.4 cm³/mol. The molecule has 22 heavy (non-hydrogen) atoms. The standard InChI is InChI=1S/C18H13ClO3/c19-15-8-4-3-7-13(15)16(20)10-17(21)14-9-11-5-1-2-6-12(11)18(14)22/h1-8,14H,9-10H2. The summed E-state index contributed by atoms with van der Waals surface area (Å²) >= 11 is 5.96. The first-order valence-corrected chi connectivity index (χ1v) is 7.38. The highest BCUT2D eigenvalue weighted by molar-refractivity contribution is 6.34. The molecular weight excluding hydrogens is 300 g/mol. The fourth-order valence-corrected chi connectivity index (χ4v) is 3.00. The molecule has 2 aromatic rings. The lowest BCUT2D eigenvalue weighted by Gasteiger charge is -2.07. The minimum atomic E-state index is -0.746. The molecule has 0 heterocycles. The van der Waals surface area contributed by atoms with E-state index >= 15 is 0 Å². The number of halogens is 1. The Morgan fingerprint density at radius 3 is 2.45 bits per heavy atom. The third-order valence-corrected chi connectivity index (χ3v) is 4.25. The fraction of sp³-hybridized carbons (Fsp3) is 0.167. The van der Waals surface area contributed by atoms with Gasteiger partial charge in [-0.3, -0.25) is 14.4 Å². The number of hydrogen-bond acceptors (Lipinski definition) is 3. The zero-order valence-electron chi connectivity index (χ0n) is 11.7. The maximum atomic E-state index is 12.3. The van der Waals surface area contributed by atoms with Gasteiger partial charge in [-0.05, 0) is 24.1 Å². The van der Waals surface area contributed by atoms with Gasteiger partial charge in [-0.2, -0.15) is 0 Å². The highest BCUT2D eigenvalue weighted by Crippen LogP contribution is 2.28. The third-order valence-electron chi connectivity index (χ3n) is 3.92. The minimum Gasteiger partial charge on any atom is -0.298 e. The average Bonchev–Trinajstić information content (AvgIpc) is 2.85. The molecular formula is C18H13ClO3. The van der Waals surface area contributed by atoms with Gasteiger partial charge in [0, 0.05) is 11.1 Å². The largest absolute Gasteiger partial charge is 0.298 e. The second kappa shape index (κ2) is 5.85. The van der Waals surface area contributed by atoms with E-state index in [2.05, 4.69) is 0 Å². The smallest absolute Gasteiger partial charge is 0.173 e. The van der Waals surface area contributed by atoms with Crippen LogP contribution in [0.3, 0.4) is 0 Å². The van der Waals surface area contributed by atoms with Gasteiger partial charge >= 0.3 is 0 Å². The van der Waals surface area contributed by atoms with Crippen molar-refractivity contribution in [1.29, 1.82) is 0 Å². The molecule has 0 saturated heterocycles. The minimum absolute atomic E-state index is 0.187. The van der Waals surface area contributed by atoms with Crippen molar-refractivity contribution in [2.75, 3.05) is 0 Å². The van der Waals surface area contributed by atoms with Gasteiger partial charge in [0.05, 0.1) is 17.4 Å². The van der Waals surface area contributed by atoms with Crippen LogP contribution in [0.25, 0.3) is 0 Å². The summed E-state index contributed by atoms with van der Waals surface area (Å²) < 4.78 is 0. The summed E-state index contributed by atoms with van der Waals surface area (Å²) in [7, 11) is 0. The van der Waals surface area contributed by atoms with E-state index < -0.39 is 5.92 Å². The number of benzene rings is 2. The molecule has 1 atom stereocenters. The molecule has 3 nitrogen and oxygen atoms in total. The van der Waals surface area contributed by atoms with Crippen molar-refractivity contribution in [3.63, 3.8) is 0 Å². The van der Waals surface area contributed by atoms with Gasteiger partial charge < -0.3 is 0 Å². The van der Waals surface area contributed by atoms with E-state index in [-0.39, 0.29) is 23.8 Å². The summed E-state index contributed by atoms with van der Waals surface area (Å²) in [6.07, 6.45) is 0.0811. The lowest BCUT2D eigenvalue weighted by Crippen LogP contribution is -2.23. The lowest BCUT2D eigenvalue weighted by atomic mass is 9.94. The summed E-state index contributed by atoms with van der Waals surface area (Å²) in [4.78, 5) is 36.8. The van der Waals surface area contributed by atoms with Crippen molar-refractivity contribution in [3.8, 4) is 0 Å². The highest BCUT2D eigenvalue weighted by Gasteiger charge is 2.36. The molecule has 0 fully saturated rings. The van der Waals surface area contributed by atoms with E-state index in [9.17, 15) is 14.4 Å². The second-order valence-corrected chi connectivity index (χ2v) is 5.73. The number of rotatable bonds is 4. The Bertz CT molecular complexity index is 779. The Morgan fingerprint density at radius 2 is 1.73 bits per heavy atom. The van der Waals surface area contributed by atoms with Gasteiger partial charge in [0.1, 0.15) is 0 Å². The van der Waals surface area contributed by atoms with Crippen LogP contribution in [0.5, 0.6) is 0 Å². The first-order chi connectivity index (χ1) is 10.6. The van der Waals surface area contributed by atoms with Crippen LogP contribution < -0.4 is 0 Å². The van der Waals surface area contributed by atoms with Crippen molar-refractivity contribution < 1.29 is 14.4 Å². The van der Waals surface area contributed by atoms with Crippen molar-refractivity contribution in [3.05, 3.63) is 70.2 Å². The fourth-order valence-electron chi connectivity index (χ4n) is 2.76. The summed E-state index contributed by atoms with van der Waals surface area (Å²) in [6, 6.07) is 13.8. The Morgan fingerprint density at radius 1 is 1.05 bits per heavy atom. The van der Waals surface area contributed by atoms with Gasteiger partial charge in [-0.15, -0.1) is 0 Å². The SMILES string of the molecule is O=C(CC(=O)C1Cc2ccccc2C1=O)c1ccccc1Cl. The quantitative estimate of drug-likeness (QED) is 0.641. The van der Waals surface area contributed by atoms with Gasteiger partial charge in [0.25, 0.3) is 0 Å². The van der Waals surface area contributed by atoms with E-state index in [0.717, 1.165) is 5.56 Å². The number of carbonyl (C=O) groups excluding carboxylic acids is 3. The molecule has 3 rings (SSSR count). The molecule has 110 valence electrons. The molecule has 0 spiro atoms. The molecule has 0 radical (unpaired) electrons. The summed E-state index contributed by atoms with van der Waals surface area (Å²) in [5.74, 6) is -1.62. The molecule has 1 unspecified atom stereocenters. The van der Waals surface area contributed by atoms with Crippen LogP contribution in [-0.2, 0) is 11.2 Å². The monoisotopic (exact) mass is 312 g/mol. The maximum Gasteiger partial charge on any atom is 0.173 e. The van der Waals surface area contributed by atoms with E-state index in [1.165, 1.54) is 0 Å². The predicted octanol–water partition coefficient (Wildman–Crippen LogP) is 3.54. The van der Waals surface area contributed by atoms with Crippen molar-refractivity contribution >= 4 is 29.0 Å². The first kappa shape index (κ1) is 14.7. The van der Waals surface area contributed by atoms with Gasteiger partial charge in [0.2, 0.25) is 0 Å². The van der Waals surface area contributed by atoms with Crippen LogP contribution in [-0.4, -0.2) is 17.3 Å². The van der Waals surface area contributed by atoms with E-state index in [4.69, 9.17) is 11.6 Å². The number of hydrogen-bond donors (Lipinski definition) is 0. The first-order valence-electron chi connectivity index (χ1n) is 7.00. The topological polar surface area (TPSA) is 51.2 Å². The van der Waals surface area contributed by atoms with Crippen molar-refractivity contribution in [1.82, 2.24) is 0 Å². The third kappa shape index (κ3) is 2.60. The molecule has 0 N–H and O–H groups in total. The highest BCUT2D eigenvalue weighted by atomic mass is 35.5. The number of fused-ring (bicyclic) bond motifs is 1. The van der Waals surface area contributed by atoms with Crippen LogP contribution in [0.2, 0.25) is 5.02 Å². The van der Waals surface area contributed by atoms with Crippen molar-refractivity contribution in [2.24, 2.45) is 5.92 Å². The molecule has 4 heteroatoms. The Hall–Kier alpha value is -2.26. The molecule has 0 amide bonds. The van der Waals surface area contributed by atoms with Crippen LogP contribution in [0.1, 0.15) is 32.7 Å². The Kier molecular flexibility index (Phi) is 3.90. The number of carbonyl (C=O) groups is 3. The molecule has 0 bridgehead atoms. The summed E-state index contributed by atoms with van der Waals surface area (Å²) in [6.45, 7) is 0. The molecule has 2 aromatic carbocycles. The maximum absolute atomic E-state index is 12.3. The van der Waals surface area contributed by atoms with E-state index in [1.807, 2.05) is 12.1 Å². The van der Waals surface area contributed by atoms with Gasteiger partial charge in [-0.25, -0.2) is 0 Å². The normalized spacial score (nSPS) is 16.4. The number of Topliss-reactive ketones (excluding diaryl/α,β-unsaturated/α-hetero) is 3. The Balaban J connectivity index is 1.76. The van der Waals surface area contributed by atoms with Crippen LogP contribution >= 0.6 is 11.6 Å². The zero-order chi connectivity index (χ0) is 15.7. The Labute approximate surface area is 132 Å². The molecule has 1 aliphatic carbocycles. The second-order valence-electron chi connectivity index (χ2n) is 5.32. The average molecular weight is 313 g/mol. The molecule has 0 aliphatic heterocycles. The zero-order valence-corrected chi connectivity index (χ0v) is 12.5. The van der Waals surface area contributed by atoms with E-state index in [0.29, 0.717) is 22.6 Å². The van der Waals surface area contributed by atoms with E-state index in [1.54, 1.807) is 36.4 Å². The van der Waals surface area contributed by atoms with Crippen LogP contribution in [0, 0.1) is 5.92 Å². The molecule has 1 aliphatic rings. The van der Waals surface area contributed by atoms with Crippen LogP contribution in [0.4, 0.5) is 0 Å². The number of ketones is 3. The van der Waals surface area contributed by atoms with Crippen LogP contribution in [0.15, 0.2) is 48.5 Å². The van der Waals surface area contributed by atoms with Gasteiger partial charge in [-0.1, -0.05) is 48.0 Å². The summed E-state index contributed by atoms with van der Waals surface area (Å²) in [5, 5.41) is 0.321.